The first-order chi connectivity index (χ1) is 16.9. The van der Waals surface area contributed by atoms with Gasteiger partial charge in [-0.3, -0.25) is 9.59 Å². The first kappa shape index (κ1) is 25.2. The van der Waals surface area contributed by atoms with Gasteiger partial charge in [0.25, 0.3) is 11.5 Å². The topological polar surface area (TPSA) is 68.4 Å². The predicted octanol–water partition coefficient (Wildman–Crippen LogP) is 4.36. The largest absolute Gasteiger partial charge is 0.368 e. The highest BCUT2D eigenvalue weighted by Gasteiger charge is 2.27. The van der Waals surface area contributed by atoms with Crippen LogP contribution in [-0.2, 0) is 19.4 Å². The number of aryl methyl sites for hydroxylation is 2. The lowest BCUT2D eigenvalue weighted by atomic mass is 9.95. The molecule has 2 aliphatic heterocycles. The number of amides is 1. The van der Waals surface area contributed by atoms with Crippen molar-refractivity contribution in [2.24, 2.45) is 0 Å². The third kappa shape index (κ3) is 5.69. The normalized spacial score (nSPS) is 18.7. The van der Waals surface area contributed by atoms with Gasteiger partial charge >= 0.3 is 0 Å². The van der Waals surface area contributed by atoms with Crippen LogP contribution in [0.4, 0.5) is 5.69 Å². The summed E-state index contributed by atoms with van der Waals surface area (Å²) in [5, 5.41) is 3.05. The molecule has 1 amide bonds. The monoisotopic (exact) mass is 476 g/mol. The summed E-state index contributed by atoms with van der Waals surface area (Å²) in [6.45, 7) is 12.0. The van der Waals surface area contributed by atoms with Crippen LogP contribution in [0.2, 0.25) is 0 Å². The lowest BCUT2D eigenvalue weighted by molar-refractivity contribution is 0.0950. The smallest absolute Gasteiger partial charge is 0.253 e. The molecule has 35 heavy (non-hydrogen) atoms. The highest BCUT2D eigenvalue weighted by molar-refractivity contribution is 5.97. The highest BCUT2D eigenvalue weighted by atomic mass is 16.1. The molecular formula is C29H40N4O2. The molecule has 6 heteroatoms. The van der Waals surface area contributed by atoms with E-state index in [9.17, 15) is 9.59 Å². The van der Waals surface area contributed by atoms with Gasteiger partial charge in [-0.1, -0.05) is 18.2 Å². The van der Waals surface area contributed by atoms with E-state index in [4.69, 9.17) is 0 Å². The number of carbonyl (C=O) groups is 1. The fourth-order valence-corrected chi connectivity index (χ4v) is 5.63. The van der Waals surface area contributed by atoms with Crippen molar-refractivity contribution in [2.75, 3.05) is 24.5 Å². The van der Waals surface area contributed by atoms with E-state index in [1.54, 1.807) is 0 Å². The number of nitrogens with one attached hydrogen (secondary N) is 2. The number of carbonyl (C=O) groups excluding carboxylic acids is 1. The van der Waals surface area contributed by atoms with Crippen LogP contribution in [0.1, 0.15) is 72.8 Å². The summed E-state index contributed by atoms with van der Waals surface area (Å²) >= 11 is 0. The minimum atomic E-state index is -0.118. The molecule has 1 aromatic carbocycles. The fraction of sp³-hybridized carbons (Fsp3) is 0.517. The second-order valence-corrected chi connectivity index (χ2v) is 10.1. The number of fused-ring (bicyclic) bond motifs is 2. The number of likely N-dealkylation sites (tertiary alicyclic amines) is 1. The second-order valence-electron chi connectivity index (χ2n) is 10.1. The standard InChI is InChI=1S/C29H40N4O2/c1-5-33(23-14-16-32(17-15-23)20(2)3)27-13-9-12-25-24(27)11-8-6-7-10-22-18-21(4)31-29(35)26(22)19-30-28(25)34/h6,8-9,12-13,18,20,23H,5,7,10-11,14-17,19H2,1-4H3,(H,30,34)(H,31,35)/b8-6+. The molecule has 188 valence electrons. The molecule has 0 unspecified atom stereocenters. The van der Waals surface area contributed by atoms with Gasteiger partial charge < -0.3 is 20.1 Å². The summed E-state index contributed by atoms with van der Waals surface area (Å²) in [6.07, 6.45) is 9.03. The van der Waals surface area contributed by atoms with Crippen molar-refractivity contribution >= 4 is 11.6 Å². The lowest BCUT2D eigenvalue weighted by Gasteiger charge is -2.41. The molecular weight excluding hydrogens is 436 g/mol. The number of benzene rings is 1. The van der Waals surface area contributed by atoms with E-state index in [2.05, 4.69) is 59.1 Å². The molecule has 1 aromatic heterocycles. The van der Waals surface area contributed by atoms with Gasteiger partial charge in [0.15, 0.2) is 0 Å². The maximum absolute atomic E-state index is 13.4. The molecule has 2 N–H and O–H groups in total. The SMILES string of the molecule is CCN(c1cccc2c1C/C=C/CCc1cc(C)[nH]c(=O)c1CNC2=O)C1CCN(C(C)C)CC1. The molecule has 4 rings (SSSR count). The third-order valence-corrected chi connectivity index (χ3v) is 7.57. The minimum Gasteiger partial charge on any atom is -0.368 e. The van der Waals surface area contributed by atoms with Crippen LogP contribution < -0.4 is 15.8 Å². The summed E-state index contributed by atoms with van der Waals surface area (Å²) in [4.78, 5) is 34.0. The van der Waals surface area contributed by atoms with E-state index in [0.717, 1.165) is 68.6 Å². The minimum absolute atomic E-state index is 0.111. The number of anilines is 1. The van der Waals surface area contributed by atoms with Gasteiger partial charge in [0, 0.05) is 60.8 Å². The quantitative estimate of drug-likeness (QED) is 0.644. The van der Waals surface area contributed by atoms with Crippen LogP contribution >= 0.6 is 0 Å². The Labute approximate surface area is 209 Å². The Hall–Kier alpha value is -2.86. The number of hydrogen-bond donors (Lipinski definition) is 2. The Balaban J connectivity index is 1.64. The Kier molecular flexibility index (Phi) is 8.11. The van der Waals surface area contributed by atoms with Crippen LogP contribution in [0.5, 0.6) is 0 Å². The molecule has 3 heterocycles. The molecule has 0 bridgehead atoms. The maximum atomic E-state index is 13.4. The number of aromatic nitrogens is 1. The van der Waals surface area contributed by atoms with Crippen LogP contribution in [0, 0.1) is 6.92 Å². The van der Waals surface area contributed by atoms with Gasteiger partial charge in [-0.25, -0.2) is 0 Å². The van der Waals surface area contributed by atoms with Crippen molar-refractivity contribution in [1.29, 1.82) is 0 Å². The summed E-state index contributed by atoms with van der Waals surface area (Å²) in [5.74, 6) is -0.118. The molecule has 2 aliphatic rings. The fourth-order valence-electron chi connectivity index (χ4n) is 5.63. The summed E-state index contributed by atoms with van der Waals surface area (Å²) in [6, 6.07) is 9.18. The van der Waals surface area contributed by atoms with Crippen molar-refractivity contribution in [3.63, 3.8) is 0 Å². The number of allylic oxidation sites excluding steroid dienone is 2. The van der Waals surface area contributed by atoms with Gasteiger partial charge in [0.2, 0.25) is 0 Å². The summed E-state index contributed by atoms with van der Waals surface area (Å²) in [5.41, 5.74) is 5.35. The Bertz CT molecular complexity index is 1130. The van der Waals surface area contributed by atoms with Crippen LogP contribution in [-0.4, -0.2) is 47.5 Å². The molecule has 1 fully saturated rings. The van der Waals surface area contributed by atoms with E-state index in [1.165, 1.54) is 5.69 Å². The van der Waals surface area contributed by atoms with Crippen LogP contribution in [0.3, 0.4) is 0 Å². The highest BCUT2D eigenvalue weighted by Crippen LogP contribution is 2.30. The third-order valence-electron chi connectivity index (χ3n) is 7.57. The van der Waals surface area contributed by atoms with Gasteiger partial charge in [0.1, 0.15) is 0 Å². The van der Waals surface area contributed by atoms with Crippen molar-refractivity contribution in [2.45, 2.75) is 78.4 Å². The average Bonchev–Trinajstić information content (AvgIpc) is 2.83. The van der Waals surface area contributed by atoms with Gasteiger partial charge in [0.05, 0.1) is 0 Å². The van der Waals surface area contributed by atoms with Crippen LogP contribution in [0.25, 0.3) is 0 Å². The Morgan fingerprint density at radius 1 is 1.11 bits per heavy atom. The predicted molar refractivity (Wildman–Crippen MR) is 143 cm³/mol. The van der Waals surface area contributed by atoms with Gasteiger partial charge in [-0.15, -0.1) is 0 Å². The molecule has 2 aromatic rings. The zero-order chi connectivity index (χ0) is 24.9. The zero-order valence-corrected chi connectivity index (χ0v) is 21.7. The molecule has 0 saturated carbocycles. The number of pyridine rings is 1. The molecule has 1 saturated heterocycles. The Morgan fingerprint density at radius 3 is 2.60 bits per heavy atom. The average molecular weight is 477 g/mol. The van der Waals surface area contributed by atoms with Crippen molar-refractivity contribution < 1.29 is 4.79 Å². The van der Waals surface area contributed by atoms with E-state index < -0.39 is 0 Å². The molecule has 0 radical (unpaired) electrons. The van der Waals surface area contributed by atoms with Crippen LogP contribution in [0.15, 0.2) is 41.2 Å². The molecule has 0 spiro atoms. The van der Waals surface area contributed by atoms with E-state index in [0.29, 0.717) is 23.2 Å². The van der Waals surface area contributed by atoms with E-state index >= 15 is 0 Å². The first-order valence-corrected chi connectivity index (χ1v) is 13.2. The number of hydrogen-bond acceptors (Lipinski definition) is 4. The number of rotatable bonds is 4. The Morgan fingerprint density at radius 2 is 1.89 bits per heavy atom. The molecule has 0 aliphatic carbocycles. The summed E-state index contributed by atoms with van der Waals surface area (Å²) < 4.78 is 0. The number of aromatic amines is 1. The summed E-state index contributed by atoms with van der Waals surface area (Å²) in [7, 11) is 0. The zero-order valence-electron chi connectivity index (χ0n) is 21.7. The lowest BCUT2D eigenvalue weighted by Crippen LogP contribution is -2.47. The van der Waals surface area contributed by atoms with Gasteiger partial charge in [-0.05, 0) is 89.1 Å². The van der Waals surface area contributed by atoms with Crippen molar-refractivity contribution in [1.82, 2.24) is 15.2 Å². The second kappa shape index (κ2) is 11.3. The first-order valence-electron chi connectivity index (χ1n) is 13.2. The van der Waals surface area contributed by atoms with Crippen molar-refractivity contribution in [3.8, 4) is 0 Å². The van der Waals surface area contributed by atoms with Gasteiger partial charge in [-0.2, -0.15) is 0 Å². The maximum Gasteiger partial charge on any atom is 0.253 e. The molecule has 6 nitrogen and oxygen atoms in total. The van der Waals surface area contributed by atoms with E-state index in [-0.39, 0.29) is 18.0 Å². The number of piperidine rings is 1. The number of H-pyrrole nitrogens is 1. The number of nitrogens with zero attached hydrogens (tertiary/aromatic N) is 2. The molecule has 0 atom stereocenters. The van der Waals surface area contributed by atoms with Crippen molar-refractivity contribution in [3.05, 3.63) is 74.7 Å². The van der Waals surface area contributed by atoms with E-state index in [1.807, 2.05) is 25.1 Å².